The van der Waals surface area contributed by atoms with Crippen LogP contribution >= 0.6 is 15.9 Å². The lowest BCUT2D eigenvalue weighted by atomic mass is 10.2. The topological polar surface area (TPSA) is 56.2 Å². The number of nitrogens with zero attached hydrogens (tertiary/aromatic N) is 2. The molecule has 0 saturated heterocycles. The molecule has 0 unspecified atom stereocenters. The monoisotopic (exact) mass is 441 g/mol. The summed E-state index contributed by atoms with van der Waals surface area (Å²) >= 11 is 2.80. The smallest absolute Gasteiger partial charge is 0.433 e. The molecule has 5 nitrogen and oxygen atoms in total. The van der Waals surface area contributed by atoms with Crippen molar-refractivity contribution in [2.75, 3.05) is 5.32 Å². The third-order valence-electron chi connectivity index (χ3n) is 3.32. The lowest BCUT2D eigenvalue weighted by molar-refractivity contribution is -0.142. The summed E-state index contributed by atoms with van der Waals surface area (Å²) in [5.41, 5.74) is -0.457. The molecular formula is C15H13BrF5N3O2. The molecule has 11 heteroatoms. The Labute approximate surface area is 153 Å². The van der Waals surface area contributed by atoms with E-state index < -0.39 is 30.9 Å². The lowest BCUT2D eigenvalue weighted by Gasteiger charge is -2.13. The Morgan fingerprint density at radius 1 is 1.35 bits per heavy atom. The Bertz CT molecular complexity index is 820. The van der Waals surface area contributed by atoms with Crippen molar-refractivity contribution in [1.29, 1.82) is 0 Å². The number of alkyl halides is 5. The van der Waals surface area contributed by atoms with Gasteiger partial charge in [-0.05, 0) is 47.5 Å². The molecule has 142 valence electrons. The SMILES string of the molecule is Cc1ccc(NC(=O)Cn2nc(C(F)(F)F)c(Br)c2C)c(OC(F)F)c1. The predicted octanol–water partition coefficient (Wildman–Crippen LogP) is 4.52. The number of hydrogen-bond acceptors (Lipinski definition) is 3. The molecule has 1 heterocycles. The highest BCUT2D eigenvalue weighted by atomic mass is 79.9. The molecule has 1 amide bonds. The number of aromatic nitrogens is 2. The van der Waals surface area contributed by atoms with Gasteiger partial charge < -0.3 is 10.1 Å². The minimum absolute atomic E-state index is 0.0270. The van der Waals surface area contributed by atoms with Gasteiger partial charge in [-0.25, -0.2) is 0 Å². The highest BCUT2D eigenvalue weighted by Gasteiger charge is 2.38. The summed E-state index contributed by atoms with van der Waals surface area (Å²) in [7, 11) is 0. The van der Waals surface area contributed by atoms with Crippen LogP contribution in [-0.4, -0.2) is 22.3 Å². The summed E-state index contributed by atoms with van der Waals surface area (Å²) in [6, 6.07) is 4.22. The molecule has 2 rings (SSSR count). The summed E-state index contributed by atoms with van der Waals surface area (Å²) in [4.78, 5) is 12.1. The van der Waals surface area contributed by atoms with Crippen molar-refractivity contribution in [3.63, 3.8) is 0 Å². The fourth-order valence-corrected chi connectivity index (χ4v) is 2.62. The van der Waals surface area contributed by atoms with Crippen LogP contribution in [0, 0.1) is 13.8 Å². The number of halogens is 6. The van der Waals surface area contributed by atoms with Gasteiger partial charge in [0, 0.05) is 0 Å². The number of anilines is 1. The van der Waals surface area contributed by atoms with E-state index in [9.17, 15) is 26.7 Å². The summed E-state index contributed by atoms with van der Waals surface area (Å²) in [5, 5.41) is 5.71. The average Bonchev–Trinajstić information content (AvgIpc) is 2.78. The van der Waals surface area contributed by atoms with Crippen molar-refractivity contribution >= 4 is 27.5 Å². The fraction of sp³-hybridized carbons (Fsp3) is 0.333. The van der Waals surface area contributed by atoms with Crippen LogP contribution in [0.4, 0.5) is 27.6 Å². The highest BCUT2D eigenvalue weighted by Crippen LogP contribution is 2.35. The minimum atomic E-state index is -4.68. The maximum absolute atomic E-state index is 12.8. The maximum Gasteiger partial charge on any atom is 0.436 e. The zero-order chi connectivity index (χ0) is 19.6. The Hall–Kier alpha value is -2.17. The third kappa shape index (κ3) is 4.71. The van der Waals surface area contributed by atoms with Crippen molar-refractivity contribution < 1.29 is 31.5 Å². The Kier molecular flexibility index (Phi) is 5.89. The number of hydrogen-bond donors (Lipinski definition) is 1. The van der Waals surface area contributed by atoms with Crippen LogP contribution in [0.3, 0.4) is 0 Å². The number of ether oxygens (including phenoxy) is 1. The van der Waals surface area contributed by atoms with Crippen molar-refractivity contribution in [1.82, 2.24) is 9.78 Å². The molecule has 0 radical (unpaired) electrons. The van der Waals surface area contributed by atoms with E-state index in [-0.39, 0.29) is 21.6 Å². The first-order valence-electron chi connectivity index (χ1n) is 7.14. The second-order valence-electron chi connectivity index (χ2n) is 5.33. The molecule has 1 aromatic carbocycles. The van der Waals surface area contributed by atoms with Gasteiger partial charge in [-0.15, -0.1) is 0 Å². The Morgan fingerprint density at radius 2 is 2.00 bits per heavy atom. The van der Waals surface area contributed by atoms with E-state index in [4.69, 9.17) is 0 Å². The Balaban J connectivity index is 2.20. The number of amides is 1. The summed E-state index contributed by atoms with van der Waals surface area (Å²) < 4.78 is 68.4. The first kappa shape index (κ1) is 20.1. The number of carbonyl (C=O) groups excluding carboxylic acids is 1. The van der Waals surface area contributed by atoms with Crippen LogP contribution in [0.2, 0.25) is 0 Å². The average molecular weight is 442 g/mol. The third-order valence-corrected chi connectivity index (χ3v) is 4.27. The standard InChI is InChI=1S/C15H13BrF5N3O2/c1-7-3-4-9(10(5-7)26-14(17)18)22-11(25)6-24-8(2)12(16)13(23-24)15(19,20)21/h3-5,14H,6H2,1-2H3,(H,22,25). The largest absolute Gasteiger partial charge is 0.436 e. The van der Waals surface area contributed by atoms with Crippen LogP contribution in [0.1, 0.15) is 17.0 Å². The normalized spacial score (nSPS) is 11.7. The molecule has 0 aliphatic rings. The van der Waals surface area contributed by atoms with Gasteiger partial charge in [-0.2, -0.15) is 27.1 Å². The van der Waals surface area contributed by atoms with E-state index in [1.165, 1.54) is 19.1 Å². The van der Waals surface area contributed by atoms with E-state index in [1.807, 2.05) is 0 Å². The lowest BCUT2D eigenvalue weighted by Crippen LogP contribution is -2.21. The van der Waals surface area contributed by atoms with Crippen molar-refractivity contribution in [2.45, 2.75) is 33.2 Å². The number of aryl methyl sites for hydroxylation is 1. The molecule has 0 saturated carbocycles. The summed E-state index contributed by atoms with van der Waals surface area (Å²) in [6.07, 6.45) is -4.68. The minimum Gasteiger partial charge on any atom is -0.433 e. The zero-order valence-corrected chi connectivity index (χ0v) is 15.1. The quantitative estimate of drug-likeness (QED) is 0.693. The van der Waals surface area contributed by atoms with Gasteiger partial charge in [0.1, 0.15) is 12.3 Å². The molecule has 0 spiro atoms. The van der Waals surface area contributed by atoms with E-state index in [0.717, 1.165) is 4.68 Å². The molecule has 0 aliphatic carbocycles. The highest BCUT2D eigenvalue weighted by molar-refractivity contribution is 9.10. The maximum atomic E-state index is 12.8. The van der Waals surface area contributed by atoms with Gasteiger partial charge in [-0.1, -0.05) is 6.07 Å². The van der Waals surface area contributed by atoms with E-state index in [0.29, 0.717) is 5.56 Å². The second kappa shape index (κ2) is 7.60. The molecule has 1 aromatic heterocycles. The number of benzene rings is 1. The Morgan fingerprint density at radius 3 is 2.54 bits per heavy atom. The van der Waals surface area contributed by atoms with E-state index in [1.54, 1.807) is 13.0 Å². The summed E-state index contributed by atoms with van der Waals surface area (Å²) in [5.74, 6) is -0.998. The van der Waals surface area contributed by atoms with Gasteiger partial charge in [0.05, 0.1) is 15.9 Å². The first-order valence-corrected chi connectivity index (χ1v) is 7.93. The number of nitrogens with one attached hydrogen (secondary N) is 1. The van der Waals surface area contributed by atoms with Crippen LogP contribution in [0.15, 0.2) is 22.7 Å². The van der Waals surface area contributed by atoms with Crippen LogP contribution in [-0.2, 0) is 17.5 Å². The molecule has 0 aliphatic heterocycles. The molecule has 0 fully saturated rings. The zero-order valence-electron chi connectivity index (χ0n) is 13.5. The predicted molar refractivity (Wildman–Crippen MR) is 86.1 cm³/mol. The molecule has 26 heavy (non-hydrogen) atoms. The second-order valence-corrected chi connectivity index (χ2v) is 6.12. The van der Waals surface area contributed by atoms with E-state index >= 15 is 0 Å². The van der Waals surface area contributed by atoms with Crippen molar-refractivity contribution in [3.05, 3.63) is 39.6 Å². The van der Waals surface area contributed by atoms with Gasteiger partial charge in [0.2, 0.25) is 5.91 Å². The van der Waals surface area contributed by atoms with Gasteiger partial charge in [0.15, 0.2) is 5.69 Å². The molecule has 0 bridgehead atoms. The van der Waals surface area contributed by atoms with Crippen LogP contribution in [0.25, 0.3) is 0 Å². The molecule has 2 aromatic rings. The van der Waals surface area contributed by atoms with E-state index in [2.05, 4.69) is 31.1 Å². The van der Waals surface area contributed by atoms with Crippen molar-refractivity contribution in [2.24, 2.45) is 0 Å². The van der Waals surface area contributed by atoms with Gasteiger partial charge >= 0.3 is 12.8 Å². The molecule has 0 atom stereocenters. The van der Waals surface area contributed by atoms with Crippen LogP contribution in [0.5, 0.6) is 5.75 Å². The number of rotatable bonds is 5. The molecule has 1 N–H and O–H groups in total. The molecular weight excluding hydrogens is 429 g/mol. The van der Waals surface area contributed by atoms with Crippen LogP contribution < -0.4 is 10.1 Å². The van der Waals surface area contributed by atoms with Gasteiger partial charge in [0.25, 0.3) is 0 Å². The van der Waals surface area contributed by atoms with Gasteiger partial charge in [-0.3, -0.25) is 9.48 Å². The fourth-order valence-electron chi connectivity index (χ4n) is 2.11. The van der Waals surface area contributed by atoms with Crippen molar-refractivity contribution in [3.8, 4) is 5.75 Å². The number of carbonyl (C=O) groups is 1. The first-order chi connectivity index (χ1) is 12.0. The summed E-state index contributed by atoms with van der Waals surface area (Å²) in [6.45, 7) is -0.627.